The lowest BCUT2D eigenvalue weighted by Gasteiger charge is -2.23. The number of benzene rings is 1. The van der Waals surface area contributed by atoms with Crippen LogP contribution in [0.2, 0.25) is 0 Å². The summed E-state index contributed by atoms with van der Waals surface area (Å²) in [6.07, 6.45) is 0.394. The normalized spacial score (nSPS) is 10.3. The van der Waals surface area contributed by atoms with Crippen LogP contribution >= 0.6 is 0 Å². The zero-order valence-corrected chi connectivity index (χ0v) is 12.0. The molecular formula is C15H23NO3. The molecule has 0 aliphatic heterocycles. The molecule has 0 fully saturated rings. The van der Waals surface area contributed by atoms with Gasteiger partial charge in [-0.1, -0.05) is 12.1 Å². The van der Waals surface area contributed by atoms with Gasteiger partial charge in [0.15, 0.2) is 0 Å². The van der Waals surface area contributed by atoms with Crippen molar-refractivity contribution < 1.29 is 14.3 Å². The Balaban J connectivity index is 2.42. The van der Waals surface area contributed by atoms with Crippen LogP contribution in [-0.2, 0) is 14.3 Å². The standard InChI is InChI=1S/C15H23NO3/c1-4-16(14-7-5-6-13(2)12-14)9-8-15(17)19-11-10-18-3/h5-7,12H,4,8-11H2,1-3H3. The number of nitrogens with zero attached hydrogens (tertiary/aromatic N) is 1. The Hall–Kier alpha value is -1.55. The molecule has 1 aromatic rings. The molecule has 0 saturated carbocycles. The van der Waals surface area contributed by atoms with E-state index in [1.54, 1.807) is 7.11 Å². The van der Waals surface area contributed by atoms with Crippen LogP contribution in [0.1, 0.15) is 18.9 Å². The monoisotopic (exact) mass is 265 g/mol. The molecule has 0 unspecified atom stereocenters. The minimum absolute atomic E-state index is 0.178. The topological polar surface area (TPSA) is 38.8 Å². The summed E-state index contributed by atoms with van der Waals surface area (Å²) in [7, 11) is 1.59. The first-order valence-electron chi connectivity index (χ1n) is 6.63. The number of ether oxygens (including phenoxy) is 2. The van der Waals surface area contributed by atoms with Crippen molar-refractivity contribution in [3.05, 3.63) is 29.8 Å². The van der Waals surface area contributed by atoms with Crippen molar-refractivity contribution in [2.45, 2.75) is 20.3 Å². The molecule has 0 radical (unpaired) electrons. The smallest absolute Gasteiger partial charge is 0.307 e. The number of hydrogen-bond donors (Lipinski definition) is 0. The van der Waals surface area contributed by atoms with E-state index in [9.17, 15) is 4.79 Å². The number of anilines is 1. The number of methoxy groups -OCH3 is 1. The van der Waals surface area contributed by atoms with Gasteiger partial charge in [-0.15, -0.1) is 0 Å². The van der Waals surface area contributed by atoms with Crippen LogP contribution < -0.4 is 4.90 Å². The van der Waals surface area contributed by atoms with Crippen LogP contribution in [-0.4, -0.2) is 39.4 Å². The second-order valence-electron chi connectivity index (χ2n) is 4.38. The maximum absolute atomic E-state index is 11.5. The third kappa shape index (κ3) is 5.75. The lowest BCUT2D eigenvalue weighted by molar-refractivity contribution is -0.144. The van der Waals surface area contributed by atoms with Crippen molar-refractivity contribution in [2.75, 3.05) is 38.3 Å². The van der Waals surface area contributed by atoms with Crippen molar-refractivity contribution >= 4 is 11.7 Å². The molecule has 0 aliphatic carbocycles. The first-order valence-corrected chi connectivity index (χ1v) is 6.63. The highest BCUT2D eigenvalue weighted by atomic mass is 16.6. The second kappa shape index (κ2) is 8.53. The molecule has 1 rings (SSSR count). The van der Waals surface area contributed by atoms with Gasteiger partial charge in [-0.05, 0) is 31.5 Å². The Kier molecular flexibility index (Phi) is 6.97. The number of carbonyl (C=O) groups is 1. The van der Waals surface area contributed by atoms with Gasteiger partial charge >= 0.3 is 5.97 Å². The van der Waals surface area contributed by atoms with E-state index in [2.05, 4.69) is 36.9 Å². The Morgan fingerprint density at radius 2 is 2.11 bits per heavy atom. The van der Waals surface area contributed by atoms with Crippen LogP contribution in [0.5, 0.6) is 0 Å². The van der Waals surface area contributed by atoms with Gasteiger partial charge in [0.05, 0.1) is 13.0 Å². The number of hydrogen-bond acceptors (Lipinski definition) is 4. The number of esters is 1. The lowest BCUT2D eigenvalue weighted by Crippen LogP contribution is -2.26. The van der Waals surface area contributed by atoms with E-state index < -0.39 is 0 Å². The molecular weight excluding hydrogens is 242 g/mol. The fourth-order valence-corrected chi connectivity index (χ4v) is 1.83. The van der Waals surface area contributed by atoms with Crippen molar-refractivity contribution in [3.63, 3.8) is 0 Å². The van der Waals surface area contributed by atoms with Crippen LogP contribution in [0.4, 0.5) is 5.69 Å². The molecule has 0 saturated heterocycles. The zero-order valence-electron chi connectivity index (χ0n) is 12.0. The summed E-state index contributed by atoms with van der Waals surface area (Å²) in [4.78, 5) is 13.7. The molecule has 106 valence electrons. The second-order valence-corrected chi connectivity index (χ2v) is 4.38. The Bertz CT molecular complexity index is 393. The Morgan fingerprint density at radius 3 is 2.74 bits per heavy atom. The van der Waals surface area contributed by atoms with E-state index in [-0.39, 0.29) is 5.97 Å². The highest BCUT2D eigenvalue weighted by Crippen LogP contribution is 2.15. The van der Waals surface area contributed by atoms with Gasteiger partial charge in [0.1, 0.15) is 6.61 Å². The van der Waals surface area contributed by atoms with E-state index >= 15 is 0 Å². The molecule has 4 nitrogen and oxygen atoms in total. The Morgan fingerprint density at radius 1 is 1.32 bits per heavy atom. The first-order chi connectivity index (χ1) is 9.17. The van der Waals surface area contributed by atoms with E-state index in [0.29, 0.717) is 26.2 Å². The molecule has 0 atom stereocenters. The summed E-state index contributed by atoms with van der Waals surface area (Å²) >= 11 is 0. The van der Waals surface area contributed by atoms with Crippen LogP contribution in [0.3, 0.4) is 0 Å². The summed E-state index contributed by atoms with van der Waals surface area (Å²) in [5.41, 5.74) is 2.37. The molecule has 0 heterocycles. The fourth-order valence-electron chi connectivity index (χ4n) is 1.83. The van der Waals surface area contributed by atoms with Gasteiger partial charge in [0.2, 0.25) is 0 Å². The average molecular weight is 265 g/mol. The van der Waals surface area contributed by atoms with E-state index in [1.165, 1.54) is 5.56 Å². The highest BCUT2D eigenvalue weighted by Gasteiger charge is 2.08. The largest absolute Gasteiger partial charge is 0.463 e. The van der Waals surface area contributed by atoms with Crippen molar-refractivity contribution in [2.24, 2.45) is 0 Å². The minimum Gasteiger partial charge on any atom is -0.463 e. The number of carbonyl (C=O) groups excluding carboxylic acids is 1. The third-order valence-electron chi connectivity index (χ3n) is 2.88. The maximum atomic E-state index is 11.5. The summed E-state index contributed by atoms with van der Waals surface area (Å²) in [5.74, 6) is -0.178. The fraction of sp³-hybridized carbons (Fsp3) is 0.533. The van der Waals surface area contributed by atoms with Crippen molar-refractivity contribution in [3.8, 4) is 0 Å². The molecule has 0 aliphatic rings. The van der Waals surface area contributed by atoms with Crippen LogP contribution in [0, 0.1) is 6.92 Å². The summed E-state index contributed by atoms with van der Waals surface area (Å²) in [6, 6.07) is 8.28. The molecule has 0 spiro atoms. The molecule has 1 aromatic carbocycles. The lowest BCUT2D eigenvalue weighted by atomic mass is 10.2. The minimum atomic E-state index is -0.178. The molecule has 0 bridgehead atoms. The van der Waals surface area contributed by atoms with Crippen molar-refractivity contribution in [1.29, 1.82) is 0 Å². The molecule has 19 heavy (non-hydrogen) atoms. The number of aryl methyl sites for hydroxylation is 1. The first kappa shape index (κ1) is 15.5. The maximum Gasteiger partial charge on any atom is 0.307 e. The summed E-state index contributed by atoms with van der Waals surface area (Å²) < 4.78 is 9.88. The van der Waals surface area contributed by atoms with Gasteiger partial charge < -0.3 is 14.4 Å². The molecule has 4 heteroatoms. The van der Waals surface area contributed by atoms with Gasteiger partial charge in [-0.2, -0.15) is 0 Å². The zero-order chi connectivity index (χ0) is 14.1. The van der Waals surface area contributed by atoms with Gasteiger partial charge in [0.25, 0.3) is 0 Å². The predicted molar refractivity (Wildman–Crippen MR) is 76.5 cm³/mol. The third-order valence-corrected chi connectivity index (χ3v) is 2.88. The van der Waals surface area contributed by atoms with E-state index in [4.69, 9.17) is 9.47 Å². The average Bonchev–Trinajstić information content (AvgIpc) is 2.40. The summed E-state index contributed by atoms with van der Waals surface area (Å²) in [6.45, 7) is 6.46. The highest BCUT2D eigenvalue weighted by molar-refractivity contribution is 5.70. The molecule has 0 amide bonds. The van der Waals surface area contributed by atoms with Gasteiger partial charge in [-0.25, -0.2) is 0 Å². The Labute approximate surface area is 115 Å². The molecule has 0 aromatic heterocycles. The van der Waals surface area contributed by atoms with Crippen LogP contribution in [0.15, 0.2) is 24.3 Å². The van der Waals surface area contributed by atoms with Crippen molar-refractivity contribution in [1.82, 2.24) is 0 Å². The predicted octanol–water partition coefficient (Wildman–Crippen LogP) is 2.40. The van der Waals surface area contributed by atoms with Crippen LogP contribution in [0.25, 0.3) is 0 Å². The quantitative estimate of drug-likeness (QED) is 0.534. The van der Waals surface area contributed by atoms with Gasteiger partial charge in [0, 0.05) is 25.9 Å². The number of rotatable bonds is 8. The molecule has 0 N–H and O–H groups in total. The SMILES string of the molecule is CCN(CCC(=O)OCCOC)c1cccc(C)c1. The van der Waals surface area contributed by atoms with E-state index in [0.717, 1.165) is 12.2 Å². The summed E-state index contributed by atoms with van der Waals surface area (Å²) in [5, 5.41) is 0. The van der Waals surface area contributed by atoms with E-state index in [1.807, 2.05) is 6.07 Å². The van der Waals surface area contributed by atoms with Gasteiger partial charge in [-0.3, -0.25) is 4.79 Å².